The van der Waals surface area contributed by atoms with E-state index in [1.165, 1.54) is 47.2 Å². The van der Waals surface area contributed by atoms with Gasteiger partial charge in [-0.3, -0.25) is 4.79 Å². The Morgan fingerprint density at radius 1 is 1.00 bits per heavy atom. The number of thiophene rings is 1. The summed E-state index contributed by atoms with van der Waals surface area (Å²) in [6, 6.07) is 16.0. The average Bonchev–Trinajstić information content (AvgIpc) is 3.47. The lowest BCUT2D eigenvalue weighted by atomic mass is 10.0. The van der Waals surface area contributed by atoms with Crippen LogP contribution in [0.25, 0.3) is 31.7 Å². The number of Topliss-reactive ketones (excluding diaryl/α,β-unsaturated/α-hetero) is 1. The predicted octanol–water partition coefficient (Wildman–Crippen LogP) is 6.51. The molecule has 33 heavy (non-hydrogen) atoms. The molecule has 0 fully saturated rings. The normalized spacial score (nSPS) is 13.0. The van der Waals surface area contributed by atoms with E-state index >= 15 is 0 Å². The fraction of sp³-hybridized carbons (Fsp3) is 0.154. The molecular weight excluding hydrogens is 453 g/mol. The molecule has 0 amide bonds. The molecule has 0 spiro atoms. The molecule has 1 aliphatic carbocycles. The van der Waals surface area contributed by atoms with Gasteiger partial charge in [-0.1, -0.05) is 42.1 Å². The zero-order valence-electron chi connectivity index (χ0n) is 17.5. The second-order valence-corrected chi connectivity index (χ2v) is 9.96. The second-order valence-electron chi connectivity index (χ2n) is 7.99. The van der Waals surface area contributed by atoms with Gasteiger partial charge in [0.15, 0.2) is 5.78 Å². The topological polar surface area (TPSA) is 55.7 Å². The molecule has 3 heterocycles. The van der Waals surface area contributed by atoms with E-state index in [0.717, 1.165) is 56.0 Å². The molecule has 7 heteroatoms. The van der Waals surface area contributed by atoms with E-state index in [9.17, 15) is 9.18 Å². The first-order valence-electron chi connectivity index (χ1n) is 10.7. The number of nitrogens with zero attached hydrogens (tertiary/aromatic N) is 3. The van der Waals surface area contributed by atoms with E-state index in [0.29, 0.717) is 5.56 Å². The number of pyridine rings is 1. The fourth-order valence-corrected chi connectivity index (χ4v) is 6.60. The standard InChI is InChI=1S/C26H18FN3OS2/c27-17-11-9-15(10-12-17)20(31)13-32-26-24-23(28-14-29-26)21-18-7-4-8-19(18)22(30-25(21)33-24)16-5-2-1-3-6-16/h1-3,5-6,9-12,14H,4,7-8,13H2. The predicted molar refractivity (Wildman–Crippen MR) is 132 cm³/mol. The van der Waals surface area contributed by atoms with Gasteiger partial charge in [-0.2, -0.15) is 0 Å². The van der Waals surface area contributed by atoms with Gasteiger partial charge in [0.2, 0.25) is 0 Å². The van der Waals surface area contributed by atoms with Gasteiger partial charge in [0, 0.05) is 16.5 Å². The molecule has 162 valence electrons. The number of aryl methyl sites for hydroxylation is 1. The molecule has 3 aromatic heterocycles. The van der Waals surface area contributed by atoms with E-state index < -0.39 is 0 Å². The first-order valence-corrected chi connectivity index (χ1v) is 12.5. The number of rotatable bonds is 5. The summed E-state index contributed by atoms with van der Waals surface area (Å²) < 4.78 is 14.1. The summed E-state index contributed by atoms with van der Waals surface area (Å²) in [5, 5.41) is 1.92. The number of hydrogen-bond donors (Lipinski definition) is 0. The molecule has 0 saturated carbocycles. The molecule has 6 rings (SSSR count). The van der Waals surface area contributed by atoms with E-state index in [1.54, 1.807) is 17.7 Å². The fourth-order valence-electron chi connectivity index (χ4n) is 4.47. The van der Waals surface area contributed by atoms with Crippen molar-refractivity contribution in [2.24, 2.45) is 0 Å². The molecule has 4 nitrogen and oxygen atoms in total. The highest BCUT2D eigenvalue weighted by molar-refractivity contribution is 8.00. The molecular formula is C26H18FN3OS2. The summed E-state index contributed by atoms with van der Waals surface area (Å²) in [7, 11) is 0. The summed E-state index contributed by atoms with van der Waals surface area (Å²) in [5.74, 6) is -0.178. The Labute approximate surface area is 197 Å². The van der Waals surface area contributed by atoms with Crippen molar-refractivity contribution < 1.29 is 9.18 Å². The number of fused-ring (bicyclic) bond motifs is 5. The van der Waals surface area contributed by atoms with E-state index in [4.69, 9.17) is 4.98 Å². The number of benzene rings is 2. The highest BCUT2D eigenvalue weighted by atomic mass is 32.2. The summed E-state index contributed by atoms with van der Waals surface area (Å²) in [6.45, 7) is 0. The maximum Gasteiger partial charge on any atom is 0.173 e. The minimum atomic E-state index is -0.350. The number of aromatic nitrogens is 3. The van der Waals surface area contributed by atoms with Crippen molar-refractivity contribution in [3.05, 3.63) is 83.4 Å². The third-order valence-electron chi connectivity index (χ3n) is 5.99. The first kappa shape index (κ1) is 20.4. The number of ketones is 1. The number of carbonyl (C=O) groups excluding carboxylic acids is 1. The van der Waals surface area contributed by atoms with Crippen molar-refractivity contribution in [3.8, 4) is 11.3 Å². The van der Waals surface area contributed by atoms with Crippen molar-refractivity contribution in [2.75, 3.05) is 5.75 Å². The lowest BCUT2D eigenvalue weighted by molar-refractivity contribution is 0.102. The molecule has 5 aromatic rings. The van der Waals surface area contributed by atoms with Crippen molar-refractivity contribution >= 4 is 49.3 Å². The second kappa shape index (κ2) is 8.32. The lowest BCUT2D eigenvalue weighted by Gasteiger charge is -2.09. The quantitative estimate of drug-likeness (QED) is 0.166. The van der Waals surface area contributed by atoms with Gasteiger partial charge in [0.05, 0.1) is 21.7 Å². The van der Waals surface area contributed by atoms with Crippen molar-refractivity contribution in [2.45, 2.75) is 24.3 Å². The van der Waals surface area contributed by atoms with Gasteiger partial charge < -0.3 is 0 Å². The number of hydrogen-bond acceptors (Lipinski definition) is 6. The van der Waals surface area contributed by atoms with Gasteiger partial charge >= 0.3 is 0 Å². The zero-order chi connectivity index (χ0) is 22.4. The zero-order valence-corrected chi connectivity index (χ0v) is 19.2. The van der Waals surface area contributed by atoms with Crippen LogP contribution in [0, 0.1) is 5.82 Å². The molecule has 0 aliphatic heterocycles. The molecule has 0 radical (unpaired) electrons. The van der Waals surface area contributed by atoms with Crippen molar-refractivity contribution in [1.82, 2.24) is 15.0 Å². The van der Waals surface area contributed by atoms with Crippen LogP contribution in [0.1, 0.15) is 27.9 Å². The van der Waals surface area contributed by atoms with Crippen LogP contribution in [0.2, 0.25) is 0 Å². The van der Waals surface area contributed by atoms with Crippen molar-refractivity contribution in [1.29, 1.82) is 0 Å². The number of thioether (sulfide) groups is 1. The van der Waals surface area contributed by atoms with Gasteiger partial charge in [-0.15, -0.1) is 11.3 Å². The average molecular weight is 472 g/mol. The molecule has 0 atom stereocenters. The van der Waals surface area contributed by atoms with Gasteiger partial charge in [-0.25, -0.2) is 19.3 Å². The van der Waals surface area contributed by atoms with Crippen LogP contribution >= 0.6 is 23.1 Å². The lowest BCUT2D eigenvalue weighted by Crippen LogP contribution is -2.02. The van der Waals surface area contributed by atoms with Gasteiger partial charge in [-0.05, 0) is 54.7 Å². The Hall–Kier alpha value is -3.16. The highest BCUT2D eigenvalue weighted by Gasteiger charge is 2.25. The summed E-state index contributed by atoms with van der Waals surface area (Å²) in [4.78, 5) is 27.8. The van der Waals surface area contributed by atoms with Crippen molar-refractivity contribution in [3.63, 3.8) is 0 Å². The summed E-state index contributed by atoms with van der Waals surface area (Å²) >= 11 is 2.99. The minimum absolute atomic E-state index is 0.0572. The molecule has 0 N–H and O–H groups in total. The Bertz CT molecular complexity index is 1510. The molecule has 2 aromatic carbocycles. The van der Waals surface area contributed by atoms with Crippen LogP contribution in [-0.2, 0) is 12.8 Å². The molecule has 0 bridgehead atoms. The van der Waals surface area contributed by atoms with Crippen LogP contribution < -0.4 is 0 Å². The maximum atomic E-state index is 13.2. The smallest absolute Gasteiger partial charge is 0.173 e. The van der Waals surface area contributed by atoms with Gasteiger partial charge in [0.25, 0.3) is 0 Å². The highest BCUT2D eigenvalue weighted by Crippen LogP contribution is 2.43. The Morgan fingerprint density at radius 3 is 2.61 bits per heavy atom. The monoisotopic (exact) mass is 471 g/mol. The number of carbonyl (C=O) groups is 1. The van der Waals surface area contributed by atoms with Crippen LogP contribution in [0.15, 0.2) is 66.0 Å². The van der Waals surface area contributed by atoms with Gasteiger partial charge in [0.1, 0.15) is 22.0 Å². The SMILES string of the molecule is O=C(CSc1ncnc2c1sc1nc(-c3ccccc3)c3c(c12)CCC3)c1ccc(F)cc1. The Morgan fingerprint density at radius 2 is 1.79 bits per heavy atom. The minimum Gasteiger partial charge on any atom is -0.293 e. The Kier molecular flexibility index (Phi) is 5.15. The van der Waals surface area contributed by atoms with E-state index in [2.05, 4.69) is 22.1 Å². The van der Waals surface area contributed by atoms with Crippen LogP contribution in [0.5, 0.6) is 0 Å². The largest absolute Gasteiger partial charge is 0.293 e. The molecule has 0 unspecified atom stereocenters. The maximum absolute atomic E-state index is 13.2. The summed E-state index contributed by atoms with van der Waals surface area (Å²) in [6.07, 6.45) is 4.74. The Balaban J connectivity index is 1.42. The third kappa shape index (κ3) is 3.61. The molecule has 0 saturated heterocycles. The van der Waals surface area contributed by atoms with Crippen LogP contribution in [-0.4, -0.2) is 26.5 Å². The van der Waals surface area contributed by atoms with E-state index in [1.807, 2.05) is 18.2 Å². The number of halogens is 1. The first-order chi connectivity index (χ1) is 16.2. The van der Waals surface area contributed by atoms with E-state index in [-0.39, 0.29) is 17.4 Å². The van der Waals surface area contributed by atoms with Crippen LogP contribution in [0.4, 0.5) is 4.39 Å². The summed E-state index contributed by atoms with van der Waals surface area (Å²) in [5.41, 5.74) is 6.30. The van der Waals surface area contributed by atoms with Crippen LogP contribution in [0.3, 0.4) is 0 Å². The third-order valence-corrected chi connectivity index (χ3v) is 8.19. The molecule has 1 aliphatic rings.